The van der Waals surface area contributed by atoms with Gasteiger partial charge in [0.05, 0.1) is 10.7 Å². The molecule has 0 spiro atoms. The van der Waals surface area contributed by atoms with Gasteiger partial charge >= 0.3 is 0 Å². The normalized spacial score (nSPS) is 8.77. The molecule has 1 aromatic heterocycles. The number of nitrogen functional groups attached to an aromatic ring is 1. The van der Waals surface area contributed by atoms with Gasteiger partial charge in [0.2, 0.25) is 0 Å². The van der Waals surface area contributed by atoms with Crippen LogP contribution in [0.4, 0.5) is 10.1 Å². The molecule has 0 aliphatic rings. The Bertz CT molecular complexity index is 885. The molecule has 0 saturated heterocycles. The molecule has 31 heavy (non-hydrogen) atoms. The predicted octanol–water partition coefficient (Wildman–Crippen LogP) is 9.45. The molecular formula is C25H35Cl2FN2S. The fourth-order valence-electron chi connectivity index (χ4n) is 2.14. The quantitative estimate of drug-likeness (QED) is 0.266. The van der Waals surface area contributed by atoms with Crippen LogP contribution in [0.3, 0.4) is 0 Å². The first-order chi connectivity index (χ1) is 14.8. The lowest BCUT2D eigenvalue weighted by molar-refractivity contribution is 0.635. The Labute approximate surface area is 203 Å². The molecule has 3 rings (SSSR count). The second kappa shape index (κ2) is 17.9. The number of thiol groups is 1. The monoisotopic (exact) mass is 484 g/mol. The lowest BCUT2D eigenvalue weighted by atomic mass is 10.0. The molecule has 0 saturated carbocycles. The first-order valence-corrected chi connectivity index (χ1v) is 11.6. The minimum atomic E-state index is -0.370. The Hall–Kier alpha value is -1.75. The summed E-state index contributed by atoms with van der Waals surface area (Å²) in [5.74, 6) is -0.370. The van der Waals surface area contributed by atoms with Crippen molar-refractivity contribution in [1.82, 2.24) is 4.98 Å². The number of rotatable bonds is 1. The van der Waals surface area contributed by atoms with E-state index in [1.165, 1.54) is 0 Å². The summed E-state index contributed by atoms with van der Waals surface area (Å²) in [4.78, 5) is 4.87. The van der Waals surface area contributed by atoms with Gasteiger partial charge in [0, 0.05) is 32.9 Å². The molecule has 0 bridgehead atoms. The molecule has 0 amide bonds. The SMILES string of the molecule is CC.CC.CC.Cc1ccc(-c2c(C)ccc(N)c2F)cn1.Sc1cc(Cl)ccc1Cl. The lowest BCUT2D eigenvalue weighted by Crippen LogP contribution is -1.96. The third-order valence-corrected chi connectivity index (χ3v) is 4.55. The van der Waals surface area contributed by atoms with Crippen molar-refractivity contribution < 1.29 is 4.39 Å². The van der Waals surface area contributed by atoms with Crippen LogP contribution in [0, 0.1) is 19.7 Å². The molecule has 3 aromatic rings. The number of anilines is 1. The van der Waals surface area contributed by atoms with Crippen LogP contribution in [-0.2, 0) is 0 Å². The lowest BCUT2D eigenvalue weighted by Gasteiger charge is -2.09. The van der Waals surface area contributed by atoms with E-state index in [1.54, 1.807) is 30.5 Å². The Kier molecular flexibility index (Phi) is 18.1. The van der Waals surface area contributed by atoms with E-state index in [9.17, 15) is 4.39 Å². The van der Waals surface area contributed by atoms with Crippen molar-refractivity contribution in [2.45, 2.75) is 60.3 Å². The second-order valence-corrected chi connectivity index (χ2v) is 6.77. The number of hydrogen-bond donors (Lipinski definition) is 2. The van der Waals surface area contributed by atoms with E-state index in [1.807, 2.05) is 73.6 Å². The van der Waals surface area contributed by atoms with E-state index in [0.717, 1.165) is 16.8 Å². The van der Waals surface area contributed by atoms with Gasteiger partial charge in [-0.25, -0.2) is 4.39 Å². The molecule has 2 nitrogen and oxygen atoms in total. The highest BCUT2D eigenvalue weighted by Crippen LogP contribution is 2.29. The predicted molar refractivity (Wildman–Crippen MR) is 141 cm³/mol. The van der Waals surface area contributed by atoms with Crippen LogP contribution in [0.1, 0.15) is 52.8 Å². The summed E-state index contributed by atoms with van der Waals surface area (Å²) in [6.07, 6.45) is 1.67. The molecule has 0 radical (unpaired) electrons. The van der Waals surface area contributed by atoms with Gasteiger partial charge in [-0.15, -0.1) is 12.6 Å². The summed E-state index contributed by atoms with van der Waals surface area (Å²) in [6.45, 7) is 15.8. The van der Waals surface area contributed by atoms with Crippen molar-refractivity contribution in [2.24, 2.45) is 0 Å². The highest BCUT2D eigenvalue weighted by atomic mass is 35.5. The number of pyridine rings is 1. The third-order valence-electron chi connectivity index (χ3n) is 3.49. The van der Waals surface area contributed by atoms with Crippen molar-refractivity contribution in [3.8, 4) is 11.1 Å². The van der Waals surface area contributed by atoms with Crippen LogP contribution < -0.4 is 5.73 Å². The number of aryl methyl sites for hydroxylation is 2. The van der Waals surface area contributed by atoms with Crippen molar-refractivity contribution in [3.63, 3.8) is 0 Å². The van der Waals surface area contributed by atoms with Gasteiger partial charge < -0.3 is 5.73 Å². The fourth-order valence-corrected chi connectivity index (χ4v) is 2.72. The summed E-state index contributed by atoms with van der Waals surface area (Å²) in [5.41, 5.74) is 8.79. The highest BCUT2D eigenvalue weighted by Gasteiger charge is 2.11. The zero-order valence-electron chi connectivity index (χ0n) is 19.7. The summed E-state index contributed by atoms with van der Waals surface area (Å²) < 4.78 is 13.9. The molecule has 0 unspecified atom stereocenters. The smallest absolute Gasteiger partial charge is 0.154 e. The van der Waals surface area contributed by atoms with Crippen LogP contribution in [0.15, 0.2) is 53.6 Å². The molecule has 2 N–H and O–H groups in total. The molecule has 0 aliphatic carbocycles. The van der Waals surface area contributed by atoms with Gasteiger partial charge in [-0.1, -0.05) is 76.9 Å². The summed E-state index contributed by atoms with van der Waals surface area (Å²) >= 11 is 15.3. The Balaban J connectivity index is 0. The molecule has 0 aliphatic heterocycles. The number of aromatic nitrogens is 1. The zero-order valence-corrected chi connectivity index (χ0v) is 22.1. The van der Waals surface area contributed by atoms with Crippen LogP contribution in [-0.4, -0.2) is 4.98 Å². The molecule has 172 valence electrons. The maximum atomic E-state index is 13.9. The molecule has 1 heterocycles. The first kappa shape index (κ1) is 31.4. The topological polar surface area (TPSA) is 38.9 Å². The molecular weight excluding hydrogens is 450 g/mol. The van der Waals surface area contributed by atoms with Crippen molar-refractivity contribution in [3.05, 3.63) is 75.8 Å². The Morgan fingerprint density at radius 3 is 1.90 bits per heavy atom. The average Bonchev–Trinajstić information content (AvgIpc) is 2.80. The van der Waals surface area contributed by atoms with Crippen LogP contribution in [0.2, 0.25) is 10.0 Å². The van der Waals surface area contributed by atoms with E-state index in [4.69, 9.17) is 28.9 Å². The molecule has 0 fully saturated rings. The maximum absolute atomic E-state index is 13.9. The number of benzene rings is 2. The van der Waals surface area contributed by atoms with Gasteiger partial charge in [-0.05, 0) is 49.7 Å². The average molecular weight is 486 g/mol. The standard InChI is InChI=1S/C13H13FN2.C6H4Cl2S.3C2H6/c1-8-3-6-11(15)13(14)12(8)10-5-4-9(2)16-7-10;7-4-1-2-5(8)6(9)3-4;3*1-2/h3-7H,15H2,1-2H3;1-3,9H;3*1-2H3. The van der Waals surface area contributed by atoms with Crippen molar-refractivity contribution in [1.29, 1.82) is 0 Å². The van der Waals surface area contributed by atoms with E-state index in [-0.39, 0.29) is 11.5 Å². The molecule has 6 heteroatoms. The number of nitrogens with two attached hydrogens (primary N) is 1. The van der Waals surface area contributed by atoms with Crippen LogP contribution >= 0.6 is 35.8 Å². The second-order valence-electron chi connectivity index (χ2n) is 5.44. The van der Waals surface area contributed by atoms with Gasteiger partial charge in [-0.2, -0.15) is 0 Å². The minimum Gasteiger partial charge on any atom is -0.396 e. The van der Waals surface area contributed by atoms with Gasteiger partial charge in [0.25, 0.3) is 0 Å². The maximum Gasteiger partial charge on any atom is 0.154 e. The number of halogens is 3. The van der Waals surface area contributed by atoms with Crippen molar-refractivity contribution >= 4 is 41.5 Å². The number of nitrogens with zero attached hydrogens (tertiary/aromatic N) is 1. The van der Waals surface area contributed by atoms with Gasteiger partial charge in [0.15, 0.2) is 5.82 Å². The minimum absolute atomic E-state index is 0.168. The third kappa shape index (κ3) is 10.9. The van der Waals surface area contributed by atoms with Gasteiger partial charge in [-0.3, -0.25) is 4.98 Å². The molecule has 0 atom stereocenters. The van der Waals surface area contributed by atoms with Crippen LogP contribution in [0.25, 0.3) is 11.1 Å². The Morgan fingerprint density at radius 1 is 0.871 bits per heavy atom. The van der Waals surface area contributed by atoms with E-state index in [0.29, 0.717) is 20.5 Å². The first-order valence-electron chi connectivity index (χ1n) is 10.4. The highest BCUT2D eigenvalue weighted by molar-refractivity contribution is 7.80. The van der Waals surface area contributed by atoms with E-state index < -0.39 is 0 Å². The summed E-state index contributed by atoms with van der Waals surface area (Å²) in [7, 11) is 0. The largest absolute Gasteiger partial charge is 0.396 e. The summed E-state index contributed by atoms with van der Waals surface area (Å²) in [6, 6.07) is 12.2. The van der Waals surface area contributed by atoms with Gasteiger partial charge in [0.1, 0.15) is 0 Å². The van der Waals surface area contributed by atoms with Crippen LogP contribution in [0.5, 0.6) is 0 Å². The molecule has 2 aromatic carbocycles. The Morgan fingerprint density at radius 2 is 1.45 bits per heavy atom. The van der Waals surface area contributed by atoms with E-state index in [2.05, 4.69) is 17.6 Å². The van der Waals surface area contributed by atoms with E-state index >= 15 is 0 Å². The summed E-state index contributed by atoms with van der Waals surface area (Å²) in [5, 5.41) is 1.28. The number of hydrogen-bond acceptors (Lipinski definition) is 3. The van der Waals surface area contributed by atoms with Crippen molar-refractivity contribution in [2.75, 3.05) is 5.73 Å². The fraction of sp³-hybridized carbons (Fsp3) is 0.320. The zero-order chi connectivity index (χ0) is 24.6.